The Balaban J connectivity index is 2.76. The maximum Gasteiger partial charge on any atom is 0.0370 e. The Bertz CT molecular complexity index is 339. The molecule has 0 heterocycles. The molecule has 2 heteroatoms. The average molecular weight is 240 g/mol. The van der Waals surface area contributed by atoms with Crippen molar-refractivity contribution in [1.29, 1.82) is 0 Å². The van der Waals surface area contributed by atoms with Crippen molar-refractivity contribution in [3.05, 3.63) is 29.3 Å². The summed E-state index contributed by atoms with van der Waals surface area (Å²) >= 11 is 5.65. The number of hydrogen-bond acceptors (Lipinski definition) is 1. The van der Waals surface area contributed by atoms with E-state index in [1.54, 1.807) is 0 Å². The lowest BCUT2D eigenvalue weighted by Crippen LogP contribution is -2.12. The molecule has 0 aromatic heterocycles. The minimum absolute atomic E-state index is 0.222. The molecule has 16 heavy (non-hydrogen) atoms. The fourth-order valence-electron chi connectivity index (χ4n) is 1.62. The van der Waals surface area contributed by atoms with Gasteiger partial charge in [0.25, 0.3) is 0 Å². The van der Waals surface area contributed by atoms with Crippen LogP contribution in [0.25, 0.3) is 0 Å². The van der Waals surface area contributed by atoms with Crippen LogP contribution in [-0.4, -0.2) is 12.4 Å². The highest BCUT2D eigenvalue weighted by Gasteiger charge is 2.14. The summed E-state index contributed by atoms with van der Waals surface area (Å²) in [5.41, 5.74) is 4.13. The van der Waals surface area contributed by atoms with Crippen molar-refractivity contribution in [1.82, 2.24) is 0 Å². The Hall–Kier alpha value is -0.690. The Morgan fingerprint density at radius 1 is 1.25 bits per heavy atom. The lowest BCUT2D eigenvalue weighted by Gasteiger charge is -2.21. The van der Waals surface area contributed by atoms with Gasteiger partial charge in [-0.25, -0.2) is 0 Å². The molecule has 0 atom stereocenters. The molecule has 0 amide bonds. The van der Waals surface area contributed by atoms with Crippen LogP contribution < -0.4 is 5.32 Å². The number of rotatable bonds is 4. The third-order valence-electron chi connectivity index (χ3n) is 2.72. The van der Waals surface area contributed by atoms with Gasteiger partial charge >= 0.3 is 0 Å². The van der Waals surface area contributed by atoms with Gasteiger partial charge in [-0.1, -0.05) is 32.9 Å². The van der Waals surface area contributed by atoms with E-state index in [0.29, 0.717) is 5.88 Å². The van der Waals surface area contributed by atoms with Crippen LogP contribution >= 0.6 is 11.6 Å². The van der Waals surface area contributed by atoms with Crippen molar-refractivity contribution in [2.45, 2.75) is 39.5 Å². The zero-order valence-corrected chi connectivity index (χ0v) is 11.5. The van der Waals surface area contributed by atoms with Crippen molar-refractivity contribution < 1.29 is 0 Å². The predicted octanol–water partition coefficient (Wildman–Crippen LogP) is 4.33. The van der Waals surface area contributed by atoms with E-state index in [-0.39, 0.29) is 5.41 Å². The van der Waals surface area contributed by atoms with Crippen LogP contribution in [0.3, 0.4) is 0 Å². The summed E-state index contributed by atoms with van der Waals surface area (Å²) in [6.45, 7) is 9.81. The van der Waals surface area contributed by atoms with Gasteiger partial charge in [-0.2, -0.15) is 0 Å². The number of halogens is 1. The molecule has 0 radical (unpaired) electrons. The zero-order valence-electron chi connectivity index (χ0n) is 10.7. The molecule has 0 fully saturated rings. The van der Waals surface area contributed by atoms with Crippen LogP contribution in [0.4, 0.5) is 5.69 Å². The molecule has 1 rings (SSSR count). The maximum absolute atomic E-state index is 5.65. The fraction of sp³-hybridized carbons (Fsp3) is 0.571. The molecule has 0 spiro atoms. The molecule has 0 unspecified atom stereocenters. The summed E-state index contributed by atoms with van der Waals surface area (Å²) in [4.78, 5) is 0. The van der Waals surface area contributed by atoms with E-state index in [9.17, 15) is 0 Å². The lowest BCUT2D eigenvalue weighted by molar-refractivity contribution is 0.590. The second kappa shape index (κ2) is 5.58. The standard InChI is InChI=1S/C14H22ClN/c1-11-10-12(14(2,3)4)6-7-13(11)16-9-5-8-15/h6-7,10,16H,5,8-9H2,1-4H3. The SMILES string of the molecule is Cc1cc(C(C)(C)C)ccc1NCCCCl. The second-order valence-electron chi connectivity index (χ2n) is 5.25. The molecule has 1 aromatic rings. The Morgan fingerprint density at radius 3 is 2.44 bits per heavy atom. The average Bonchev–Trinajstić information content (AvgIpc) is 2.19. The van der Waals surface area contributed by atoms with Crippen LogP contribution in [-0.2, 0) is 5.41 Å². The minimum Gasteiger partial charge on any atom is -0.385 e. The van der Waals surface area contributed by atoms with E-state index in [1.807, 2.05) is 0 Å². The molecular weight excluding hydrogens is 218 g/mol. The first-order valence-electron chi connectivity index (χ1n) is 5.86. The van der Waals surface area contributed by atoms with Gasteiger partial charge < -0.3 is 5.32 Å². The van der Waals surface area contributed by atoms with Crippen molar-refractivity contribution in [3.8, 4) is 0 Å². The summed E-state index contributed by atoms with van der Waals surface area (Å²) in [6, 6.07) is 6.64. The van der Waals surface area contributed by atoms with Gasteiger partial charge in [0.15, 0.2) is 0 Å². The molecule has 1 nitrogen and oxygen atoms in total. The summed E-state index contributed by atoms with van der Waals surface area (Å²) in [7, 11) is 0. The zero-order chi connectivity index (χ0) is 12.2. The normalized spacial score (nSPS) is 11.6. The van der Waals surface area contributed by atoms with Gasteiger partial charge in [-0.3, -0.25) is 0 Å². The molecule has 90 valence electrons. The van der Waals surface area contributed by atoms with E-state index < -0.39 is 0 Å². The van der Waals surface area contributed by atoms with Crippen LogP contribution in [0.2, 0.25) is 0 Å². The highest BCUT2D eigenvalue weighted by atomic mass is 35.5. The van der Waals surface area contributed by atoms with Gasteiger partial charge in [-0.05, 0) is 36.0 Å². The summed E-state index contributed by atoms with van der Waals surface area (Å²) in [6.07, 6.45) is 1.00. The molecule has 0 bridgehead atoms. The van der Waals surface area contributed by atoms with E-state index in [0.717, 1.165) is 13.0 Å². The third kappa shape index (κ3) is 3.71. The molecule has 0 aliphatic rings. The van der Waals surface area contributed by atoms with Gasteiger partial charge in [0.1, 0.15) is 0 Å². The van der Waals surface area contributed by atoms with Gasteiger partial charge in [-0.15, -0.1) is 11.6 Å². The van der Waals surface area contributed by atoms with E-state index >= 15 is 0 Å². The first-order valence-corrected chi connectivity index (χ1v) is 6.39. The molecule has 0 aliphatic carbocycles. The van der Waals surface area contributed by atoms with Crippen molar-refractivity contribution >= 4 is 17.3 Å². The van der Waals surface area contributed by atoms with E-state index in [1.165, 1.54) is 16.8 Å². The van der Waals surface area contributed by atoms with Crippen molar-refractivity contribution in [3.63, 3.8) is 0 Å². The van der Waals surface area contributed by atoms with Gasteiger partial charge in [0.2, 0.25) is 0 Å². The van der Waals surface area contributed by atoms with E-state index in [2.05, 4.69) is 51.2 Å². The Kier molecular flexibility index (Phi) is 4.67. The lowest BCUT2D eigenvalue weighted by atomic mass is 9.86. The first-order chi connectivity index (χ1) is 7.45. The maximum atomic E-state index is 5.65. The quantitative estimate of drug-likeness (QED) is 0.609. The number of hydrogen-bond donors (Lipinski definition) is 1. The van der Waals surface area contributed by atoms with Crippen molar-refractivity contribution in [2.75, 3.05) is 17.7 Å². The first kappa shape index (κ1) is 13.4. The smallest absolute Gasteiger partial charge is 0.0370 e. The fourth-order valence-corrected chi connectivity index (χ4v) is 1.75. The van der Waals surface area contributed by atoms with Gasteiger partial charge in [0, 0.05) is 18.1 Å². The number of alkyl halides is 1. The van der Waals surface area contributed by atoms with Crippen LogP contribution in [0.5, 0.6) is 0 Å². The molecule has 0 saturated heterocycles. The third-order valence-corrected chi connectivity index (χ3v) is 2.99. The second-order valence-corrected chi connectivity index (χ2v) is 5.63. The number of nitrogens with one attached hydrogen (secondary N) is 1. The Morgan fingerprint density at radius 2 is 1.94 bits per heavy atom. The largest absolute Gasteiger partial charge is 0.385 e. The summed E-state index contributed by atoms with van der Waals surface area (Å²) in [5, 5.41) is 3.41. The van der Waals surface area contributed by atoms with Crippen LogP contribution in [0, 0.1) is 6.92 Å². The molecule has 1 N–H and O–H groups in total. The topological polar surface area (TPSA) is 12.0 Å². The van der Waals surface area contributed by atoms with E-state index in [4.69, 9.17) is 11.6 Å². The predicted molar refractivity (Wildman–Crippen MR) is 73.7 cm³/mol. The number of aryl methyl sites for hydroxylation is 1. The molecule has 1 aromatic carbocycles. The highest BCUT2D eigenvalue weighted by molar-refractivity contribution is 6.17. The van der Waals surface area contributed by atoms with Crippen molar-refractivity contribution in [2.24, 2.45) is 0 Å². The molecule has 0 aliphatic heterocycles. The van der Waals surface area contributed by atoms with Crippen LogP contribution in [0.15, 0.2) is 18.2 Å². The van der Waals surface area contributed by atoms with Gasteiger partial charge in [0.05, 0.1) is 0 Å². The number of benzene rings is 1. The molecule has 0 saturated carbocycles. The number of anilines is 1. The monoisotopic (exact) mass is 239 g/mol. The van der Waals surface area contributed by atoms with Crippen LogP contribution in [0.1, 0.15) is 38.3 Å². The Labute approximate surface area is 104 Å². The summed E-state index contributed by atoms with van der Waals surface area (Å²) in [5.74, 6) is 0.714. The highest BCUT2D eigenvalue weighted by Crippen LogP contribution is 2.26. The summed E-state index contributed by atoms with van der Waals surface area (Å²) < 4.78 is 0. The molecular formula is C14H22ClN. The minimum atomic E-state index is 0.222.